The Morgan fingerprint density at radius 2 is 2.31 bits per heavy atom. The highest BCUT2D eigenvalue weighted by atomic mass is 35.5. The summed E-state index contributed by atoms with van der Waals surface area (Å²) in [6.07, 6.45) is 0.954. The Kier molecular flexibility index (Phi) is 3.00. The maximum Gasteiger partial charge on any atom is 0.166 e. The van der Waals surface area contributed by atoms with Crippen molar-refractivity contribution < 1.29 is 9.47 Å². The van der Waals surface area contributed by atoms with Crippen LogP contribution in [0, 0.1) is 0 Å². The molecule has 4 heteroatoms. The van der Waals surface area contributed by atoms with Gasteiger partial charge in [-0.05, 0) is 25.5 Å². The van der Waals surface area contributed by atoms with E-state index >= 15 is 0 Å². The summed E-state index contributed by atoms with van der Waals surface area (Å²) in [5.74, 6) is 1.49. The molecule has 2 unspecified atom stereocenters. The summed E-state index contributed by atoms with van der Waals surface area (Å²) >= 11 is 6.33. The summed E-state index contributed by atoms with van der Waals surface area (Å²) in [4.78, 5) is 0. The highest BCUT2D eigenvalue weighted by Crippen LogP contribution is 2.44. The first-order valence-electron chi connectivity index (χ1n) is 5.36. The number of fused-ring (bicyclic) bond motifs is 1. The zero-order valence-corrected chi connectivity index (χ0v) is 10.5. The summed E-state index contributed by atoms with van der Waals surface area (Å²) < 4.78 is 11.0. The van der Waals surface area contributed by atoms with Crippen molar-refractivity contribution in [3.05, 3.63) is 22.2 Å². The van der Waals surface area contributed by atoms with Gasteiger partial charge in [0.15, 0.2) is 11.5 Å². The zero-order chi connectivity index (χ0) is 11.9. The monoisotopic (exact) mass is 241 g/mol. The third-order valence-corrected chi connectivity index (χ3v) is 3.27. The molecule has 1 aliphatic rings. The summed E-state index contributed by atoms with van der Waals surface area (Å²) in [6.45, 7) is 3.92. The van der Waals surface area contributed by atoms with Crippen LogP contribution in [0.5, 0.6) is 11.5 Å². The number of benzene rings is 1. The lowest BCUT2D eigenvalue weighted by Crippen LogP contribution is -2.07. The lowest BCUT2D eigenvalue weighted by Gasteiger charge is -2.14. The largest absolute Gasteiger partial charge is 0.493 e. The fraction of sp³-hybridized carbons (Fsp3) is 0.500. The molecule has 0 aliphatic carbocycles. The Bertz CT molecular complexity index is 418. The summed E-state index contributed by atoms with van der Waals surface area (Å²) in [5, 5.41) is 0.718. The van der Waals surface area contributed by atoms with Gasteiger partial charge in [0.2, 0.25) is 0 Å². The first kappa shape index (κ1) is 11.6. The second-order valence-corrected chi connectivity index (χ2v) is 4.59. The molecule has 1 heterocycles. The zero-order valence-electron chi connectivity index (χ0n) is 9.71. The fourth-order valence-corrected chi connectivity index (χ4v) is 2.41. The molecular weight excluding hydrogens is 226 g/mol. The van der Waals surface area contributed by atoms with E-state index < -0.39 is 0 Å². The molecule has 0 aromatic heterocycles. The third-order valence-electron chi connectivity index (χ3n) is 2.82. The van der Waals surface area contributed by atoms with Gasteiger partial charge in [-0.15, -0.1) is 0 Å². The standard InChI is InChI=1S/C12H16ClNO2/c1-6-4-9-11(13)8(7(2)14)5-10(15-3)12(9)16-6/h5-7H,4,14H2,1-3H3. The van der Waals surface area contributed by atoms with Crippen molar-refractivity contribution >= 4 is 11.6 Å². The maximum absolute atomic E-state index is 6.33. The molecule has 0 saturated carbocycles. The van der Waals surface area contributed by atoms with E-state index in [1.807, 2.05) is 19.9 Å². The van der Waals surface area contributed by atoms with Gasteiger partial charge >= 0.3 is 0 Å². The van der Waals surface area contributed by atoms with E-state index in [1.165, 1.54) is 0 Å². The van der Waals surface area contributed by atoms with Crippen molar-refractivity contribution in [2.75, 3.05) is 7.11 Å². The normalized spacial score (nSPS) is 20.2. The van der Waals surface area contributed by atoms with Crippen molar-refractivity contribution in [2.24, 2.45) is 5.73 Å². The van der Waals surface area contributed by atoms with Gasteiger partial charge < -0.3 is 15.2 Å². The van der Waals surface area contributed by atoms with Crippen LogP contribution in [0.4, 0.5) is 0 Å². The molecule has 16 heavy (non-hydrogen) atoms. The van der Waals surface area contributed by atoms with E-state index in [9.17, 15) is 0 Å². The summed E-state index contributed by atoms with van der Waals surface area (Å²) in [5.41, 5.74) is 7.81. The van der Waals surface area contributed by atoms with Gasteiger partial charge in [0.05, 0.1) is 12.1 Å². The minimum Gasteiger partial charge on any atom is -0.493 e. The van der Waals surface area contributed by atoms with Crippen LogP contribution in [0.1, 0.15) is 31.0 Å². The molecule has 3 nitrogen and oxygen atoms in total. The average Bonchev–Trinajstić information content (AvgIpc) is 2.60. The van der Waals surface area contributed by atoms with E-state index in [0.717, 1.165) is 34.1 Å². The van der Waals surface area contributed by atoms with Crippen LogP contribution in [-0.4, -0.2) is 13.2 Å². The highest BCUT2D eigenvalue weighted by Gasteiger charge is 2.28. The fourth-order valence-electron chi connectivity index (χ4n) is 2.02. The average molecular weight is 242 g/mol. The van der Waals surface area contributed by atoms with Crippen LogP contribution in [0.15, 0.2) is 6.07 Å². The number of rotatable bonds is 2. The topological polar surface area (TPSA) is 44.5 Å². The molecule has 1 aromatic carbocycles. The minimum absolute atomic E-state index is 0.109. The Hall–Kier alpha value is -0.930. The van der Waals surface area contributed by atoms with Gasteiger partial charge in [-0.1, -0.05) is 11.6 Å². The number of halogens is 1. The Labute approximate surface area is 100 Å². The Morgan fingerprint density at radius 3 is 2.88 bits per heavy atom. The molecule has 0 spiro atoms. The lowest BCUT2D eigenvalue weighted by molar-refractivity contribution is 0.243. The molecule has 88 valence electrons. The predicted octanol–water partition coefficient (Wildman–Crippen LogP) is 2.69. The third kappa shape index (κ3) is 1.74. The molecule has 2 atom stereocenters. The van der Waals surface area contributed by atoms with Crippen LogP contribution < -0.4 is 15.2 Å². The SMILES string of the molecule is COc1cc(C(C)N)c(Cl)c2c1OC(C)C2. The van der Waals surface area contributed by atoms with E-state index in [-0.39, 0.29) is 12.1 Å². The van der Waals surface area contributed by atoms with Gasteiger partial charge in [-0.2, -0.15) is 0 Å². The van der Waals surface area contributed by atoms with Gasteiger partial charge in [-0.3, -0.25) is 0 Å². The van der Waals surface area contributed by atoms with E-state index in [0.29, 0.717) is 0 Å². The predicted molar refractivity (Wildman–Crippen MR) is 64.4 cm³/mol. The van der Waals surface area contributed by atoms with Crippen molar-refractivity contribution in [1.29, 1.82) is 0 Å². The summed E-state index contributed by atoms with van der Waals surface area (Å²) in [7, 11) is 1.63. The van der Waals surface area contributed by atoms with E-state index in [2.05, 4.69) is 0 Å². The van der Waals surface area contributed by atoms with Crippen molar-refractivity contribution in [3.63, 3.8) is 0 Å². The highest BCUT2D eigenvalue weighted by molar-refractivity contribution is 6.32. The molecule has 1 aliphatic heterocycles. The van der Waals surface area contributed by atoms with Crippen molar-refractivity contribution in [3.8, 4) is 11.5 Å². The smallest absolute Gasteiger partial charge is 0.166 e. The van der Waals surface area contributed by atoms with Gasteiger partial charge in [0.25, 0.3) is 0 Å². The minimum atomic E-state index is -0.109. The van der Waals surface area contributed by atoms with E-state index in [1.54, 1.807) is 7.11 Å². The molecule has 0 fully saturated rings. The van der Waals surface area contributed by atoms with Crippen LogP contribution in [0.3, 0.4) is 0 Å². The number of nitrogens with two attached hydrogens (primary N) is 1. The number of ether oxygens (including phenoxy) is 2. The molecule has 2 rings (SSSR count). The molecule has 1 aromatic rings. The first-order chi connectivity index (χ1) is 7.54. The second-order valence-electron chi connectivity index (χ2n) is 4.21. The van der Waals surface area contributed by atoms with Crippen LogP contribution in [0.25, 0.3) is 0 Å². The molecule has 0 saturated heterocycles. The summed E-state index contributed by atoms with van der Waals surface area (Å²) in [6, 6.07) is 1.76. The number of hydrogen-bond donors (Lipinski definition) is 1. The van der Waals surface area contributed by atoms with Crippen LogP contribution >= 0.6 is 11.6 Å². The molecule has 0 amide bonds. The number of hydrogen-bond acceptors (Lipinski definition) is 3. The van der Waals surface area contributed by atoms with Crippen LogP contribution in [-0.2, 0) is 6.42 Å². The molecular formula is C12H16ClNO2. The number of methoxy groups -OCH3 is 1. The molecule has 0 bridgehead atoms. The molecule has 0 radical (unpaired) electrons. The van der Waals surface area contributed by atoms with Crippen molar-refractivity contribution in [2.45, 2.75) is 32.4 Å². The Morgan fingerprint density at radius 1 is 1.62 bits per heavy atom. The van der Waals surface area contributed by atoms with Crippen LogP contribution in [0.2, 0.25) is 5.02 Å². The van der Waals surface area contributed by atoms with E-state index in [4.69, 9.17) is 26.8 Å². The van der Waals surface area contributed by atoms with Gasteiger partial charge in [0.1, 0.15) is 6.10 Å². The second kappa shape index (κ2) is 4.15. The maximum atomic E-state index is 6.33. The molecule has 2 N–H and O–H groups in total. The lowest BCUT2D eigenvalue weighted by atomic mass is 10.0. The quantitative estimate of drug-likeness (QED) is 0.866. The first-order valence-corrected chi connectivity index (χ1v) is 5.74. The van der Waals surface area contributed by atoms with Crippen molar-refractivity contribution in [1.82, 2.24) is 0 Å². The van der Waals surface area contributed by atoms with Gasteiger partial charge in [-0.25, -0.2) is 0 Å². The Balaban J connectivity index is 2.59. The van der Waals surface area contributed by atoms with Gasteiger partial charge in [0, 0.05) is 18.0 Å².